The average Bonchev–Trinajstić information content (AvgIpc) is 2.92. The molecule has 0 unspecified atom stereocenters. The molecule has 2 N–H and O–H groups in total. The Morgan fingerprint density at radius 1 is 1.31 bits per heavy atom. The number of esters is 1. The lowest BCUT2D eigenvalue weighted by atomic mass is 9.88. The summed E-state index contributed by atoms with van der Waals surface area (Å²) in [6, 6.07) is -1.40. The monoisotopic (exact) mass is 370 g/mol. The van der Waals surface area contributed by atoms with Crippen LogP contribution < -0.4 is 5.32 Å². The first kappa shape index (κ1) is 20.5. The van der Waals surface area contributed by atoms with Crippen molar-refractivity contribution in [3.05, 3.63) is 0 Å². The highest BCUT2D eigenvalue weighted by molar-refractivity contribution is 5.91. The van der Waals surface area contributed by atoms with Crippen LogP contribution in [-0.4, -0.2) is 65.4 Å². The Bertz CT molecular complexity index is 544. The number of carbonyl (C=O) groups is 3. The zero-order chi connectivity index (χ0) is 19.5. The van der Waals surface area contributed by atoms with E-state index in [2.05, 4.69) is 5.32 Å². The van der Waals surface area contributed by atoms with Crippen molar-refractivity contribution >= 4 is 18.0 Å². The number of hydrogen-bond donors (Lipinski definition) is 2. The zero-order valence-electron chi connectivity index (χ0n) is 16.0. The van der Waals surface area contributed by atoms with Crippen LogP contribution in [0.25, 0.3) is 0 Å². The van der Waals surface area contributed by atoms with E-state index >= 15 is 0 Å². The van der Waals surface area contributed by atoms with E-state index in [0.717, 1.165) is 6.42 Å². The van der Waals surface area contributed by atoms with Crippen LogP contribution in [0.5, 0.6) is 0 Å². The number of nitrogens with one attached hydrogen (secondary N) is 1. The minimum absolute atomic E-state index is 0.0603. The highest BCUT2D eigenvalue weighted by Gasteiger charge is 2.51. The minimum Gasteiger partial charge on any atom is -0.467 e. The molecule has 2 rings (SSSR count). The molecule has 8 heteroatoms. The summed E-state index contributed by atoms with van der Waals surface area (Å²) >= 11 is 0. The Kier molecular flexibility index (Phi) is 6.49. The lowest BCUT2D eigenvalue weighted by Crippen LogP contribution is -2.58. The quantitative estimate of drug-likeness (QED) is 0.705. The second kappa shape index (κ2) is 8.24. The van der Waals surface area contributed by atoms with Gasteiger partial charge in [-0.1, -0.05) is 0 Å². The van der Waals surface area contributed by atoms with E-state index in [1.807, 2.05) is 0 Å². The number of rotatable bonds is 5. The van der Waals surface area contributed by atoms with E-state index < -0.39 is 29.7 Å². The fourth-order valence-corrected chi connectivity index (χ4v) is 3.94. The molecule has 0 aromatic heterocycles. The largest absolute Gasteiger partial charge is 0.467 e. The standard InChI is InChI=1S/C18H30N2O6/c1-18(2,3)26-17(24)19-12-7-8-13-11(6-5-9-21)10-14(16(23)25-4)20(13)15(12)22/h11-14,21H,5-10H2,1-4H3,(H,19,24)/t11-,12+,13+,14+/m1/s1. The van der Waals surface area contributed by atoms with Gasteiger partial charge in [-0.15, -0.1) is 0 Å². The van der Waals surface area contributed by atoms with E-state index in [1.165, 1.54) is 7.11 Å². The van der Waals surface area contributed by atoms with Gasteiger partial charge >= 0.3 is 12.1 Å². The second-order valence-corrected chi connectivity index (χ2v) is 7.99. The molecule has 0 radical (unpaired) electrons. The highest BCUT2D eigenvalue weighted by Crippen LogP contribution is 2.39. The normalized spacial score (nSPS) is 28.5. The maximum absolute atomic E-state index is 13.0. The molecule has 2 aliphatic heterocycles. The molecule has 0 saturated carbocycles. The molecule has 4 atom stereocenters. The van der Waals surface area contributed by atoms with Gasteiger partial charge in [-0.3, -0.25) is 4.79 Å². The number of methoxy groups -OCH3 is 1. The molecule has 148 valence electrons. The predicted octanol–water partition coefficient (Wildman–Crippen LogP) is 1.20. The highest BCUT2D eigenvalue weighted by atomic mass is 16.6. The van der Waals surface area contributed by atoms with Crippen molar-refractivity contribution < 1.29 is 29.0 Å². The first-order valence-electron chi connectivity index (χ1n) is 9.18. The maximum atomic E-state index is 13.0. The van der Waals surface area contributed by atoms with E-state index in [-0.39, 0.29) is 24.5 Å². The number of piperidine rings is 1. The number of fused-ring (bicyclic) bond motifs is 1. The molecule has 2 aliphatic rings. The summed E-state index contributed by atoms with van der Waals surface area (Å²) < 4.78 is 10.1. The third-order valence-corrected chi connectivity index (χ3v) is 4.96. The van der Waals surface area contributed by atoms with Gasteiger partial charge in [0.05, 0.1) is 7.11 Å². The van der Waals surface area contributed by atoms with Gasteiger partial charge < -0.3 is 24.8 Å². The van der Waals surface area contributed by atoms with Gasteiger partial charge in [-0.05, 0) is 58.8 Å². The number of aliphatic hydroxyl groups is 1. The molecule has 0 bridgehead atoms. The van der Waals surface area contributed by atoms with Crippen molar-refractivity contribution in [3.63, 3.8) is 0 Å². The zero-order valence-corrected chi connectivity index (χ0v) is 16.0. The van der Waals surface area contributed by atoms with Crippen LogP contribution in [0.15, 0.2) is 0 Å². The van der Waals surface area contributed by atoms with Crippen LogP contribution in [0.2, 0.25) is 0 Å². The summed E-state index contributed by atoms with van der Waals surface area (Å²) in [7, 11) is 1.31. The summed E-state index contributed by atoms with van der Waals surface area (Å²) in [5.74, 6) is -0.556. The van der Waals surface area contributed by atoms with E-state index in [9.17, 15) is 14.4 Å². The number of hydrogen-bond acceptors (Lipinski definition) is 6. The van der Waals surface area contributed by atoms with Gasteiger partial charge in [0.25, 0.3) is 0 Å². The van der Waals surface area contributed by atoms with Crippen molar-refractivity contribution in [1.82, 2.24) is 10.2 Å². The van der Waals surface area contributed by atoms with Crippen LogP contribution in [0, 0.1) is 5.92 Å². The van der Waals surface area contributed by atoms with Crippen LogP contribution in [0.1, 0.15) is 52.9 Å². The van der Waals surface area contributed by atoms with E-state index in [4.69, 9.17) is 14.6 Å². The third kappa shape index (κ3) is 4.66. The summed E-state index contributed by atoms with van der Waals surface area (Å²) in [4.78, 5) is 38.7. The lowest BCUT2D eigenvalue weighted by Gasteiger charge is -2.38. The molecule has 2 heterocycles. The first-order chi connectivity index (χ1) is 12.2. The number of nitrogens with zero attached hydrogens (tertiary/aromatic N) is 1. The van der Waals surface area contributed by atoms with Crippen LogP contribution in [-0.2, 0) is 19.1 Å². The van der Waals surface area contributed by atoms with Crippen LogP contribution in [0.4, 0.5) is 4.79 Å². The fourth-order valence-electron chi connectivity index (χ4n) is 3.94. The van der Waals surface area contributed by atoms with Gasteiger partial charge in [0.1, 0.15) is 17.7 Å². The molecule has 0 aromatic rings. The molecule has 2 amide bonds. The topological polar surface area (TPSA) is 105 Å². The molecule has 0 spiro atoms. The molecule has 26 heavy (non-hydrogen) atoms. The molecule has 0 aliphatic carbocycles. The van der Waals surface area contributed by atoms with E-state index in [1.54, 1.807) is 25.7 Å². The molecule has 0 aromatic carbocycles. The van der Waals surface area contributed by atoms with Crippen LogP contribution in [0.3, 0.4) is 0 Å². The first-order valence-corrected chi connectivity index (χ1v) is 9.18. The Hall–Kier alpha value is -1.83. The fraction of sp³-hybridized carbons (Fsp3) is 0.833. The summed E-state index contributed by atoms with van der Waals surface area (Å²) in [5, 5.41) is 11.7. The van der Waals surface area contributed by atoms with E-state index in [0.29, 0.717) is 25.7 Å². The van der Waals surface area contributed by atoms with Crippen molar-refractivity contribution in [2.75, 3.05) is 13.7 Å². The van der Waals surface area contributed by atoms with Gasteiger partial charge in [-0.25, -0.2) is 9.59 Å². The Morgan fingerprint density at radius 2 is 2.00 bits per heavy atom. The van der Waals surface area contributed by atoms with Crippen molar-refractivity contribution in [2.24, 2.45) is 5.92 Å². The number of alkyl carbamates (subject to hydrolysis) is 1. The predicted molar refractivity (Wildman–Crippen MR) is 93.3 cm³/mol. The SMILES string of the molecule is COC(=O)[C@@H]1C[C@@H](CCCO)[C@@H]2CC[C@H](NC(=O)OC(C)(C)C)C(=O)N12. The second-order valence-electron chi connectivity index (χ2n) is 7.99. The van der Waals surface area contributed by atoms with Gasteiger partial charge in [-0.2, -0.15) is 0 Å². The Labute approximate surface area is 154 Å². The molecular formula is C18H30N2O6. The molecule has 8 nitrogen and oxygen atoms in total. The van der Waals surface area contributed by atoms with Crippen molar-refractivity contribution in [3.8, 4) is 0 Å². The van der Waals surface area contributed by atoms with Crippen molar-refractivity contribution in [2.45, 2.75) is 76.6 Å². The minimum atomic E-state index is -0.704. The smallest absolute Gasteiger partial charge is 0.408 e. The Balaban J connectivity index is 2.11. The van der Waals surface area contributed by atoms with Gasteiger partial charge in [0.15, 0.2) is 0 Å². The average molecular weight is 370 g/mol. The number of ether oxygens (including phenoxy) is 2. The van der Waals surface area contributed by atoms with Crippen molar-refractivity contribution in [1.29, 1.82) is 0 Å². The summed E-state index contributed by atoms with van der Waals surface area (Å²) in [6.07, 6.45) is 2.47. The van der Waals surface area contributed by atoms with Gasteiger partial charge in [0.2, 0.25) is 5.91 Å². The van der Waals surface area contributed by atoms with Gasteiger partial charge in [0, 0.05) is 12.6 Å². The molecular weight excluding hydrogens is 340 g/mol. The summed E-state index contributed by atoms with van der Waals surface area (Å²) in [5.41, 5.74) is -0.651. The third-order valence-electron chi connectivity index (χ3n) is 4.96. The number of carbonyl (C=O) groups excluding carboxylic acids is 3. The molecule has 2 saturated heterocycles. The Morgan fingerprint density at radius 3 is 2.58 bits per heavy atom. The lowest BCUT2D eigenvalue weighted by molar-refractivity contribution is -0.154. The number of aliphatic hydroxyl groups excluding tert-OH is 1. The molecule has 2 fully saturated rings. The maximum Gasteiger partial charge on any atom is 0.408 e. The number of amides is 2. The summed E-state index contributed by atoms with van der Waals surface area (Å²) in [6.45, 7) is 5.35. The van der Waals surface area contributed by atoms with Crippen LogP contribution >= 0.6 is 0 Å².